The molecule has 0 atom stereocenters. The van der Waals surface area contributed by atoms with Gasteiger partial charge in [-0.3, -0.25) is 9.80 Å². The summed E-state index contributed by atoms with van der Waals surface area (Å²) in [6.07, 6.45) is 9.77. The first-order valence-electron chi connectivity index (χ1n) is 22.6. The molecule has 0 N–H and O–H groups in total. The van der Waals surface area contributed by atoms with Gasteiger partial charge in [-0.15, -0.1) is 26.3 Å². The molecule has 4 aromatic carbocycles. The molecule has 2 aliphatic rings. The average molecular weight is 875 g/mol. The van der Waals surface area contributed by atoms with Crippen LogP contribution in [0.5, 0.6) is 11.5 Å². The van der Waals surface area contributed by atoms with Gasteiger partial charge in [0, 0.05) is 78.7 Å². The van der Waals surface area contributed by atoms with E-state index in [1.165, 1.54) is 0 Å². The number of ether oxygens (including phenoxy) is 4. The summed E-state index contributed by atoms with van der Waals surface area (Å²) in [5.41, 5.74) is 8.47. The molecule has 0 bridgehead atoms. The lowest BCUT2D eigenvalue weighted by Crippen LogP contribution is -2.37. The molecule has 10 nitrogen and oxygen atoms in total. The monoisotopic (exact) mass is 874 g/mol. The molecule has 0 radical (unpaired) electrons. The summed E-state index contributed by atoms with van der Waals surface area (Å²) < 4.78 is 37.1. The predicted molar refractivity (Wildman–Crippen MR) is 259 cm³/mol. The lowest BCUT2D eigenvalue weighted by molar-refractivity contribution is 0.0338. The van der Waals surface area contributed by atoms with Crippen molar-refractivity contribution in [2.45, 2.75) is 45.2 Å². The second kappa shape index (κ2) is 21.6. The molecular weight excluding hydrogens is 817 g/mol. The van der Waals surface area contributed by atoms with E-state index in [1.54, 1.807) is 12.2 Å². The molecule has 2 aliphatic heterocycles. The van der Waals surface area contributed by atoms with E-state index in [0.717, 1.165) is 81.5 Å². The zero-order chi connectivity index (χ0) is 45.1. The number of allylic oxidation sites excluding steroid dienone is 4. The Labute approximate surface area is 380 Å². The van der Waals surface area contributed by atoms with E-state index in [1.807, 2.05) is 72.8 Å². The normalized spacial score (nSPS) is 14.6. The number of rotatable bonds is 20. The van der Waals surface area contributed by atoms with Crippen LogP contribution in [-0.2, 0) is 48.2 Å². The van der Waals surface area contributed by atoms with Crippen molar-refractivity contribution in [3.63, 3.8) is 0 Å². The summed E-state index contributed by atoms with van der Waals surface area (Å²) in [7, 11) is 0. The van der Waals surface area contributed by atoms with E-state index in [4.69, 9.17) is 27.8 Å². The second-order valence-corrected chi connectivity index (χ2v) is 16.5. The van der Waals surface area contributed by atoms with Gasteiger partial charge in [0.25, 0.3) is 0 Å². The van der Waals surface area contributed by atoms with Gasteiger partial charge in [0.1, 0.15) is 22.7 Å². The summed E-state index contributed by atoms with van der Waals surface area (Å²) in [5, 5.41) is 1.69. The SMILES string of the molecule is C=CCc1cc2c(-c3ccccc3)c(CN3CCOCC3)c(=O)oc2c(CC=C)c1OCCCOc1c(CC=C)cc2c(-c3ccccc3)c(CN3CCOCC3)c(=O)oc2c1CC=C. The van der Waals surface area contributed by atoms with Crippen molar-refractivity contribution in [1.82, 2.24) is 9.80 Å². The molecule has 8 rings (SSSR count). The Kier molecular flexibility index (Phi) is 15.0. The van der Waals surface area contributed by atoms with Crippen LogP contribution in [-0.4, -0.2) is 75.6 Å². The summed E-state index contributed by atoms with van der Waals surface area (Å²) >= 11 is 0. The number of benzene rings is 4. The van der Waals surface area contributed by atoms with Crippen LogP contribution in [0.15, 0.2) is 142 Å². The van der Waals surface area contributed by atoms with E-state index in [9.17, 15) is 9.59 Å². The van der Waals surface area contributed by atoms with Crippen LogP contribution in [0.25, 0.3) is 44.2 Å². The third-order valence-electron chi connectivity index (χ3n) is 12.1. The topological polar surface area (TPSA) is 104 Å². The first kappa shape index (κ1) is 45.3. The highest BCUT2D eigenvalue weighted by Gasteiger charge is 2.27. The van der Waals surface area contributed by atoms with E-state index in [0.29, 0.717) is 119 Å². The van der Waals surface area contributed by atoms with Crippen LogP contribution in [0, 0.1) is 0 Å². The van der Waals surface area contributed by atoms with Gasteiger partial charge in [-0.25, -0.2) is 9.59 Å². The third kappa shape index (κ3) is 10.0. The van der Waals surface area contributed by atoms with Gasteiger partial charge in [0.2, 0.25) is 0 Å². The molecule has 0 saturated carbocycles. The maximum Gasteiger partial charge on any atom is 0.341 e. The van der Waals surface area contributed by atoms with Crippen molar-refractivity contribution < 1.29 is 27.8 Å². The van der Waals surface area contributed by atoms with Crippen molar-refractivity contribution in [3.8, 4) is 33.8 Å². The van der Waals surface area contributed by atoms with Crippen molar-refractivity contribution >= 4 is 21.9 Å². The van der Waals surface area contributed by atoms with Crippen molar-refractivity contribution in [1.29, 1.82) is 0 Å². The second-order valence-electron chi connectivity index (χ2n) is 16.5. The van der Waals surface area contributed by atoms with Gasteiger partial charge in [0.15, 0.2) is 0 Å². The lowest BCUT2D eigenvalue weighted by Gasteiger charge is -2.27. The Morgan fingerprint density at radius 3 is 1.28 bits per heavy atom. The number of hydrogen-bond donors (Lipinski definition) is 0. The molecule has 10 heteroatoms. The minimum Gasteiger partial charge on any atom is -0.493 e. The number of morpholine rings is 2. The number of nitrogens with zero attached hydrogens (tertiary/aromatic N) is 2. The molecule has 0 unspecified atom stereocenters. The van der Waals surface area contributed by atoms with Gasteiger partial charge in [-0.1, -0.05) is 85.0 Å². The number of fused-ring (bicyclic) bond motifs is 2. The minimum atomic E-state index is -0.370. The largest absolute Gasteiger partial charge is 0.493 e. The van der Waals surface area contributed by atoms with Crippen molar-refractivity contribution in [2.75, 3.05) is 65.8 Å². The molecule has 0 amide bonds. The van der Waals surface area contributed by atoms with Gasteiger partial charge in [-0.05, 0) is 60.1 Å². The van der Waals surface area contributed by atoms with Gasteiger partial charge in [0.05, 0.1) is 50.8 Å². The molecule has 65 heavy (non-hydrogen) atoms. The summed E-state index contributed by atoms with van der Waals surface area (Å²) in [5.74, 6) is 1.29. The third-order valence-corrected chi connectivity index (χ3v) is 12.1. The Balaban J connectivity index is 1.12. The molecule has 0 spiro atoms. The van der Waals surface area contributed by atoms with Crippen LogP contribution in [0.4, 0.5) is 0 Å². The minimum absolute atomic E-state index is 0.310. The fraction of sp³-hybridized carbons (Fsp3) is 0.309. The van der Waals surface area contributed by atoms with Crippen LogP contribution in [0.1, 0.15) is 39.8 Å². The first-order chi connectivity index (χ1) is 31.9. The lowest BCUT2D eigenvalue weighted by atomic mass is 9.92. The molecular formula is C55H58N2O8. The zero-order valence-corrected chi connectivity index (χ0v) is 37.2. The van der Waals surface area contributed by atoms with Gasteiger partial charge in [-0.2, -0.15) is 0 Å². The highest BCUT2D eigenvalue weighted by Crippen LogP contribution is 2.41. The molecule has 336 valence electrons. The molecule has 6 aromatic rings. The quantitative estimate of drug-likeness (QED) is 0.0419. The Morgan fingerprint density at radius 1 is 0.523 bits per heavy atom. The highest BCUT2D eigenvalue weighted by atomic mass is 16.5. The predicted octanol–water partition coefficient (Wildman–Crippen LogP) is 9.66. The van der Waals surface area contributed by atoms with E-state index in [2.05, 4.69) is 48.2 Å². The summed E-state index contributed by atoms with van der Waals surface area (Å²) in [6, 6.07) is 24.2. The summed E-state index contributed by atoms with van der Waals surface area (Å²) in [6.45, 7) is 23.2. The van der Waals surface area contributed by atoms with Crippen molar-refractivity contribution in [3.05, 3.63) is 178 Å². The van der Waals surface area contributed by atoms with E-state index in [-0.39, 0.29) is 11.3 Å². The first-order valence-corrected chi connectivity index (χ1v) is 22.6. The molecule has 2 fully saturated rings. The van der Waals surface area contributed by atoms with Crippen LogP contribution in [0.2, 0.25) is 0 Å². The maximum atomic E-state index is 14.1. The van der Waals surface area contributed by atoms with Crippen LogP contribution < -0.4 is 20.7 Å². The van der Waals surface area contributed by atoms with Gasteiger partial charge < -0.3 is 27.8 Å². The Bertz CT molecular complexity index is 2590. The van der Waals surface area contributed by atoms with Crippen LogP contribution >= 0.6 is 0 Å². The van der Waals surface area contributed by atoms with Crippen molar-refractivity contribution in [2.24, 2.45) is 0 Å². The fourth-order valence-electron chi connectivity index (χ4n) is 9.13. The highest BCUT2D eigenvalue weighted by molar-refractivity contribution is 5.99. The number of hydrogen-bond acceptors (Lipinski definition) is 10. The smallest absolute Gasteiger partial charge is 0.341 e. The van der Waals surface area contributed by atoms with E-state index >= 15 is 0 Å². The maximum absolute atomic E-state index is 14.1. The Hall–Kier alpha value is -6.30. The molecule has 2 saturated heterocycles. The summed E-state index contributed by atoms with van der Waals surface area (Å²) in [4.78, 5) is 32.6. The average Bonchev–Trinajstić information content (AvgIpc) is 3.33. The van der Waals surface area contributed by atoms with E-state index < -0.39 is 0 Å². The molecule has 0 aliphatic carbocycles. The Morgan fingerprint density at radius 2 is 0.908 bits per heavy atom. The fourth-order valence-corrected chi connectivity index (χ4v) is 9.13. The zero-order valence-electron chi connectivity index (χ0n) is 37.2. The van der Waals surface area contributed by atoms with Gasteiger partial charge >= 0.3 is 11.3 Å². The standard InChI is InChI=1S/C55H58N2O8/c1-5-16-40-34-44-48(38-20-11-9-12-21-38)46(36-56-24-30-60-31-25-56)54(58)64-52(44)42(18-7-3)50(40)62-28-15-29-63-51-41(17-6-2)35-45-49(39-22-13-10-14-23-39)47(37-57-26-32-61-33-27-57)55(59)65-53(45)43(51)19-8-4/h5-14,20-23,34-35H,1-4,15-19,24-33,36-37H2. The van der Waals surface area contributed by atoms with Crippen LogP contribution in [0.3, 0.4) is 0 Å². The molecule has 4 heterocycles. The molecule has 2 aromatic heterocycles.